The largest absolute Gasteiger partial charge is 0.416 e. The molecular weight excluding hydrogens is 323 g/mol. The molecule has 2 aromatic carbocycles. The van der Waals surface area contributed by atoms with Gasteiger partial charge in [-0.15, -0.1) is 0 Å². The van der Waals surface area contributed by atoms with Crippen molar-refractivity contribution in [2.45, 2.75) is 19.0 Å². The van der Waals surface area contributed by atoms with Gasteiger partial charge in [-0.05, 0) is 41.3 Å². The van der Waals surface area contributed by atoms with E-state index in [1.807, 2.05) is 0 Å². The number of imide groups is 1. The Kier molecular flexibility index (Phi) is 3.88. The number of alkyl halides is 3. The molecule has 4 nitrogen and oxygen atoms in total. The number of halogens is 3. The monoisotopic (exact) mass is 335 g/mol. The van der Waals surface area contributed by atoms with Crippen molar-refractivity contribution in [3.8, 4) is 0 Å². The van der Waals surface area contributed by atoms with Crippen molar-refractivity contribution in [3.05, 3.63) is 70.3 Å². The van der Waals surface area contributed by atoms with E-state index in [2.05, 4.69) is 0 Å². The molecule has 7 heteroatoms. The first-order valence-electron chi connectivity index (χ1n) is 7.10. The quantitative estimate of drug-likeness (QED) is 0.677. The fraction of sp³-hybridized carbons (Fsp3) is 0.176. The molecule has 1 heterocycles. The van der Waals surface area contributed by atoms with Crippen molar-refractivity contribution in [1.82, 2.24) is 5.06 Å². The highest BCUT2D eigenvalue weighted by molar-refractivity contribution is 6.08. The Morgan fingerprint density at radius 2 is 1.71 bits per heavy atom. The molecule has 1 aliphatic rings. The summed E-state index contributed by atoms with van der Waals surface area (Å²) in [6, 6.07) is 9.56. The Hall–Kier alpha value is -2.67. The van der Waals surface area contributed by atoms with Crippen LogP contribution in [0.4, 0.5) is 13.2 Å². The third-order valence-electron chi connectivity index (χ3n) is 3.94. The molecule has 2 aromatic rings. The van der Waals surface area contributed by atoms with Crippen LogP contribution in [-0.2, 0) is 23.8 Å². The van der Waals surface area contributed by atoms with Gasteiger partial charge in [-0.1, -0.05) is 24.3 Å². The molecule has 124 valence electrons. The minimum Gasteiger partial charge on any atom is -0.278 e. The highest BCUT2D eigenvalue weighted by Gasteiger charge is 2.32. The van der Waals surface area contributed by atoms with Crippen LogP contribution in [-0.4, -0.2) is 22.1 Å². The summed E-state index contributed by atoms with van der Waals surface area (Å²) < 4.78 is 37.8. The molecule has 0 saturated carbocycles. The van der Waals surface area contributed by atoms with E-state index in [1.165, 1.54) is 18.2 Å². The number of hydrogen-bond acceptors (Lipinski definition) is 3. The van der Waals surface area contributed by atoms with Crippen LogP contribution in [0.1, 0.15) is 32.6 Å². The summed E-state index contributed by atoms with van der Waals surface area (Å²) in [5.74, 6) is -1.53. The van der Waals surface area contributed by atoms with Crippen LogP contribution in [0.15, 0.2) is 42.5 Å². The molecule has 2 amide bonds. The molecule has 1 aliphatic heterocycles. The summed E-state index contributed by atoms with van der Waals surface area (Å²) in [5, 5.41) is 9.50. The maximum absolute atomic E-state index is 12.6. The van der Waals surface area contributed by atoms with Crippen LogP contribution in [0.5, 0.6) is 0 Å². The molecular formula is C17H12F3NO3. The van der Waals surface area contributed by atoms with Crippen LogP contribution < -0.4 is 0 Å². The van der Waals surface area contributed by atoms with Crippen molar-refractivity contribution < 1.29 is 28.0 Å². The first-order valence-corrected chi connectivity index (χ1v) is 7.10. The van der Waals surface area contributed by atoms with E-state index in [9.17, 15) is 28.0 Å². The lowest BCUT2D eigenvalue weighted by Crippen LogP contribution is -2.40. The topological polar surface area (TPSA) is 57.6 Å². The zero-order chi connectivity index (χ0) is 17.5. The van der Waals surface area contributed by atoms with Gasteiger partial charge in [0, 0.05) is 5.56 Å². The fourth-order valence-electron chi connectivity index (χ4n) is 2.69. The SMILES string of the molecule is O=C1Cc2c(Cc3ccc(C(F)(F)F)cc3)cccc2C(=O)N1O. The van der Waals surface area contributed by atoms with E-state index in [-0.39, 0.29) is 23.5 Å². The van der Waals surface area contributed by atoms with E-state index in [1.54, 1.807) is 12.1 Å². The Labute approximate surface area is 135 Å². The van der Waals surface area contributed by atoms with E-state index < -0.39 is 23.6 Å². The predicted molar refractivity (Wildman–Crippen MR) is 77.4 cm³/mol. The molecule has 0 radical (unpaired) electrons. The van der Waals surface area contributed by atoms with E-state index >= 15 is 0 Å². The number of rotatable bonds is 2. The van der Waals surface area contributed by atoms with Gasteiger partial charge >= 0.3 is 6.18 Å². The summed E-state index contributed by atoms with van der Waals surface area (Å²) in [6.45, 7) is 0. The molecule has 0 atom stereocenters. The summed E-state index contributed by atoms with van der Waals surface area (Å²) in [7, 11) is 0. The van der Waals surface area contributed by atoms with Gasteiger partial charge in [-0.3, -0.25) is 14.8 Å². The number of nitrogens with zero attached hydrogens (tertiary/aromatic N) is 1. The first kappa shape index (κ1) is 16.2. The maximum Gasteiger partial charge on any atom is 0.416 e. The molecule has 0 spiro atoms. The van der Waals surface area contributed by atoms with Crippen LogP contribution in [0, 0.1) is 0 Å². The fourth-order valence-corrected chi connectivity index (χ4v) is 2.69. The van der Waals surface area contributed by atoms with Gasteiger partial charge in [-0.25, -0.2) is 0 Å². The number of hydroxylamine groups is 2. The molecule has 0 unspecified atom stereocenters. The smallest absolute Gasteiger partial charge is 0.278 e. The highest BCUT2D eigenvalue weighted by Crippen LogP contribution is 2.30. The Bertz CT molecular complexity index is 813. The molecule has 0 aliphatic carbocycles. The summed E-state index contributed by atoms with van der Waals surface area (Å²) in [4.78, 5) is 23.6. The molecule has 0 aromatic heterocycles. The van der Waals surface area contributed by atoms with Gasteiger partial charge in [0.2, 0.25) is 0 Å². The van der Waals surface area contributed by atoms with Crippen molar-refractivity contribution in [3.63, 3.8) is 0 Å². The second kappa shape index (κ2) is 5.76. The number of carbonyl (C=O) groups excluding carboxylic acids is 2. The standard InChI is InChI=1S/C17H12F3NO3/c18-17(19,20)12-6-4-10(5-7-12)8-11-2-1-3-13-14(11)9-15(22)21(24)16(13)23/h1-7,24H,8-9H2. The first-order chi connectivity index (χ1) is 11.3. The third kappa shape index (κ3) is 2.90. The van der Waals surface area contributed by atoms with Crippen molar-refractivity contribution in [2.24, 2.45) is 0 Å². The van der Waals surface area contributed by atoms with Crippen LogP contribution >= 0.6 is 0 Å². The van der Waals surface area contributed by atoms with Crippen molar-refractivity contribution in [2.75, 3.05) is 0 Å². The van der Waals surface area contributed by atoms with Gasteiger partial charge < -0.3 is 0 Å². The number of benzene rings is 2. The maximum atomic E-state index is 12.6. The Morgan fingerprint density at radius 3 is 2.33 bits per heavy atom. The lowest BCUT2D eigenvalue weighted by Gasteiger charge is -2.23. The van der Waals surface area contributed by atoms with Gasteiger partial charge in [0.25, 0.3) is 11.8 Å². The number of fused-ring (bicyclic) bond motifs is 1. The van der Waals surface area contributed by atoms with Crippen LogP contribution in [0.3, 0.4) is 0 Å². The molecule has 24 heavy (non-hydrogen) atoms. The van der Waals surface area contributed by atoms with Gasteiger partial charge in [-0.2, -0.15) is 18.2 Å². The normalized spacial score (nSPS) is 14.8. The highest BCUT2D eigenvalue weighted by atomic mass is 19.4. The van der Waals surface area contributed by atoms with E-state index in [4.69, 9.17) is 0 Å². The van der Waals surface area contributed by atoms with Crippen LogP contribution in [0.25, 0.3) is 0 Å². The minimum absolute atomic E-state index is 0.0875. The predicted octanol–water partition coefficient (Wildman–Crippen LogP) is 3.21. The Morgan fingerprint density at radius 1 is 1.04 bits per heavy atom. The second-order valence-corrected chi connectivity index (χ2v) is 5.50. The molecule has 1 N–H and O–H groups in total. The Balaban J connectivity index is 1.92. The summed E-state index contributed by atoms with van der Waals surface area (Å²) >= 11 is 0. The lowest BCUT2D eigenvalue weighted by atomic mass is 9.91. The summed E-state index contributed by atoms with van der Waals surface area (Å²) in [6.07, 6.45) is -4.24. The summed E-state index contributed by atoms with van der Waals surface area (Å²) in [5.41, 5.74) is 1.28. The number of hydrogen-bond donors (Lipinski definition) is 1. The van der Waals surface area contributed by atoms with Gasteiger partial charge in [0.1, 0.15) is 0 Å². The number of amides is 2. The molecule has 0 saturated heterocycles. The van der Waals surface area contributed by atoms with E-state index in [0.29, 0.717) is 16.7 Å². The van der Waals surface area contributed by atoms with E-state index in [0.717, 1.165) is 12.1 Å². The van der Waals surface area contributed by atoms with Crippen molar-refractivity contribution >= 4 is 11.8 Å². The average Bonchev–Trinajstić information content (AvgIpc) is 2.53. The van der Waals surface area contributed by atoms with Crippen LogP contribution in [0.2, 0.25) is 0 Å². The van der Waals surface area contributed by atoms with Gasteiger partial charge in [0.05, 0.1) is 12.0 Å². The number of carbonyl (C=O) groups is 2. The zero-order valence-corrected chi connectivity index (χ0v) is 12.3. The minimum atomic E-state index is -4.39. The molecule has 0 fully saturated rings. The second-order valence-electron chi connectivity index (χ2n) is 5.50. The third-order valence-corrected chi connectivity index (χ3v) is 3.94. The molecule has 0 bridgehead atoms. The lowest BCUT2D eigenvalue weighted by molar-refractivity contribution is -0.154. The molecule has 3 rings (SSSR count). The van der Waals surface area contributed by atoms with Crippen molar-refractivity contribution in [1.29, 1.82) is 0 Å². The van der Waals surface area contributed by atoms with Gasteiger partial charge in [0.15, 0.2) is 0 Å². The average molecular weight is 335 g/mol. The zero-order valence-electron chi connectivity index (χ0n) is 12.3.